The molecule has 2 atom stereocenters. The molecule has 116 valence electrons. The Kier molecular flexibility index (Phi) is 5.87. The molecular formula is C19H22O3. The summed E-state index contributed by atoms with van der Waals surface area (Å²) >= 11 is 0. The summed E-state index contributed by atoms with van der Waals surface area (Å²) in [6.07, 6.45) is -1.09. The molecule has 22 heavy (non-hydrogen) atoms. The lowest BCUT2D eigenvalue weighted by Gasteiger charge is -2.23. The first kappa shape index (κ1) is 16.4. The molecular weight excluding hydrogens is 276 g/mol. The molecule has 0 N–H and O–H groups in total. The monoisotopic (exact) mass is 298 g/mol. The second kappa shape index (κ2) is 7.87. The van der Waals surface area contributed by atoms with Crippen LogP contribution in [0.15, 0.2) is 60.7 Å². The van der Waals surface area contributed by atoms with Crippen LogP contribution in [0, 0.1) is 0 Å². The predicted molar refractivity (Wildman–Crippen MR) is 86.7 cm³/mol. The maximum Gasteiger partial charge on any atom is 0.196 e. The number of carbonyl (C=O) groups excluding carboxylic acids is 1. The maximum absolute atomic E-state index is 12.8. The average Bonchev–Trinajstić information content (AvgIpc) is 2.53. The van der Waals surface area contributed by atoms with Gasteiger partial charge in [-0.1, -0.05) is 60.7 Å². The topological polar surface area (TPSA) is 35.5 Å². The fourth-order valence-electron chi connectivity index (χ4n) is 2.28. The SMILES string of the molecule is CC(C)OC(C)OC(C(=O)c1ccccc1)c1ccccc1. The minimum absolute atomic E-state index is 0.0400. The van der Waals surface area contributed by atoms with E-state index < -0.39 is 12.4 Å². The Labute approximate surface area is 131 Å². The standard InChI is InChI=1S/C19H22O3/c1-14(2)21-15(3)22-19(17-12-8-5-9-13-17)18(20)16-10-6-4-7-11-16/h4-15,19H,1-3H3. The molecule has 2 aromatic carbocycles. The third-order valence-electron chi connectivity index (χ3n) is 3.19. The molecule has 0 amide bonds. The zero-order chi connectivity index (χ0) is 15.9. The highest BCUT2D eigenvalue weighted by Crippen LogP contribution is 2.24. The van der Waals surface area contributed by atoms with Crippen LogP contribution < -0.4 is 0 Å². The Bertz CT molecular complexity index is 578. The number of ether oxygens (including phenoxy) is 2. The molecule has 2 unspecified atom stereocenters. The first-order chi connectivity index (χ1) is 10.6. The van der Waals surface area contributed by atoms with Gasteiger partial charge in [0.25, 0.3) is 0 Å². The van der Waals surface area contributed by atoms with Gasteiger partial charge in [0.1, 0.15) is 6.10 Å². The molecule has 0 aromatic heterocycles. The molecule has 0 saturated carbocycles. The van der Waals surface area contributed by atoms with E-state index in [0.717, 1.165) is 5.56 Å². The Morgan fingerprint density at radius 2 is 1.36 bits per heavy atom. The molecule has 0 heterocycles. The molecule has 2 rings (SSSR count). The van der Waals surface area contributed by atoms with Crippen molar-refractivity contribution in [3.05, 3.63) is 71.8 Å². The van der Waals surface area contributed by atoms with Gasteiger partial charge in [0.2, 0.25) is 0 Å². The summed E-state index contributed by atoms with van der Waals surface area (Å²) in [4.78, 5) is 12.8. The van der Waals surface area contributed by atoms with Crippen molar-refractivity contribution in [3.8, 4) is 0 Å². The minimum Gasteiger partial charge on any atom is -0.350 e. The van der Waals surface area contributed by atoms with Crippen molar-refractivity contribution in [2.24, 2.45) is 0 Å². The number of benzene rings is 2. The number of hydrogen-bond acceptors (Lipinski definition) is 3. The molecule has 0 fully saturated rings. The van der Waals surface area contributed by atoms with E-state index in [-0.39, 0.29) is 11.9 Å². The van der Waals surface area contributed by atoms with Crippen LogP contribution in [0.25, 0.3) is 0 Å². The van der Waals surface area contributed by atoms with E-state index in [4.69, 9.17) is 9.47 Å². The van der Waals surface area contributed by atoms with Crippen molar-refractivity contribution in [1.29, 1.82) is 0 Å². The number of carbonyl (C=O) groups is 1. The van der Waals surface area contributed by atoms with Crippen LogP contribution in [-0.2, 0) is 9.47 Å². The number of rotatable bonds is 7. The van der Waals surface area contributed by atoms with E-state index in [1.165, 1.54) is 0 Å². The second-order valence-electron chi connectivity index (χ2n) is 5.41. The highest BCUT2D eigenvalue weighted by molar-refractivity contribution is 6.00. The molecule has 0 saturated heterocycles. The molecule has 0 aliphatic carbocycles. The molecule has 0 radical (unpaired) electrons. The van der Waals surface area contributed by atoms with Gasteiger partial charge in [-0.25, -0.2) is 0 Å². The van der Waals surface area contributed by atoms with Crippen molar-refractivity contribution in [3.63, 3.8) is 0 Å². The van der Waals surface area contributed by atoms with Crippen molar-refractivity contribution < 1.29 is 14.3 Å². The summed E-state index contributed by atoms with van der Waals surface area (Å²) < 4.78 is 11.5. The van der Waals surface area contributed by atoms with Gasteiger partial charge in [0.15, 0.2) is 12.1 Å². The number of Topliss-reactive ketones (excluding diaryl/α,β-unsaturated/α-hetero) is 1. The van der Waals surface area contributed by atoms with Gasteiger partial charge >= 0.3 is 0 Å². The third kappa shape index (κ3) is 4.52. The largest absolute Gasteiger partial charge is 0.350 e. The van der Waals surface area contributed by atoms with Crippen molar-refractivity contribution >= 4 is 5.78 Å². The zero-order valence-corrected chi connectivity index (χ0v) is 13.2. The first-order valence-electron chi connectivity index (χ1n) is 7.53. The highest BCUT2D eigenvalue weighted by Gasteiger charge is 2.25. The van der Waals surface area contributed by atoms with Crippen LogP contribution in [-0.4, -0.2) is 18.2 Å². The zero-order valence-electron chi connectivity index (χ0n) is 13.2. The normalized spacial score (nSPS) is 13.8. The molecule has 0 spiro atoms. The fraction of sp³-hybridized carbons (Fsp3) is 0.316. The van der Waals surface area contributed by atoms with Crippen LogP contribution in [0.3, 0.4) is 0 Å². The van der Waals surface area contributed by atoms with Crippen molar-refractivity contribution in [2.45, 2.75) is 39.3 Å². The summed E-state index contributed by atoms with van der Waals surface area (Å²) in [7, 11) is 0. The van der Waals surface area contributed by atoms with Gasteiger partial charge in [-0.15, -0.1) is 0 Å². The Balaban J connectivity index is 2.24. The maximum atomic E-state index is 12.8. The van der Waals surface area contributed by atoms with E-state index in [2.05, 4.69) is 0 Å². The van der Waals surface area contributed by atoms with E-state index >= 15 is 0 Å². The Morgan fingerprint density at radius 1 is 0.818 bits per heavy atom. The Hall–Kier alpha value is -1.97. The van der Waals surface area contributed by atoms with E-state index in [1.807, 2.05) is 69.3 Å². The van der Waals surface area contributed by atoms with Crippen LogP contribution in [0.5, 0.6) is 0 Å². The lowest BCUT2D eigenvalue weighted by Crippen LogP contribution is -2.25. The lowest BCUT2D eigenvalue weighted by atomic mass is 10.00. The molecule has 0 aliphatic rings. The second-order valence-corrected chi connectivity index (χ2v) is 5.41. The highest BCUT2D eigenvalue weighted by atomic mass is 16.7. The lowest BCUT2D eigenvalue weighted by molar-refractivity contribution is -0.168. The van der Waals surface area contributed by atoms with Crippen LogP contribution in [0.1, 0.15) is 42.8 Å². The van der Waals surface area contributed by atoms with Crippen molar-refractivity contribution in [2.75, 3.05) is 0 Å². The third-order valence-corrected chi connectivity index (χ3v) is 3.19. The van der Waals surface area contributed by atoms with E-state index in [1.54, 1.807) is 12.1 Å². The molecule has 3 heteroatoms. The molecule has 3 nitrogen and oxygen atoms in total. The van der Waals surface area contributed by atoms with Crippen LogP contribution >= 0.6 is 0 Å². The summed E-state index contributed by atoms with van der Waals surface area (Å²) in [5.74, 6) is -0.0639. The summed E-state index contributed by atoms with van der Waals surface area (Å²) in [5.41, 5.74) is 1.46. The van der Waals surface area contributed by atoms with Gasteiger partial charge in [-0.3, -0.25) is 4.79 Å². The van der Waals surface area contributed by atoms with Gasteiger partial charge in [0, 0.05) is 5.56 Å². The summed E-state index contributed by atoms with van der Waals surface area (Å²) in [5, 5.41) is 0. The van der Waals surface area contributed by atoms with Gasteiger partial charge < -0.3 is 9.47 Å². The fourth-order valence-corrected chi connectivity index (χ4v) is 2.28. The van der Waals surface area contributed by atoms with Gasteiger partial charge in [-0.2, -0.15) is 0 Å². The molecule has 2 aromatic rings. The van der Waals surface area contributed by atoms with Crippen LogP contribution in [0.4, 0.5) is 0 Å². The minimum atomic E-state index is -0.669. The summed E-state index contributed by atoms with van der Waals surface area (Å²) in [6.45, 7) is 5.70. The smallest absolute Gasteiger partial charge is 0.196 e. The van der Waals surface area contributed by atoms with Crippen molar-refractivity contribution in [1.82, 2.24) is 0 Å². The first-order valence-corrected chi connectivity index (χ1v) is 7.53. The quantitative estimate of drug-likeness (QED) is 0.561. The van der Waals surface area contributed by atoms with E-state index in [0.29, 0.717) is 5.56 Å². The molecule has 0 bridgehead atoms. The van der Waals surface area contributed by atoms with E-state index in [9.17, 15) is 4.79 Å². The number of hydrogen-bond donors (Lipinski definition) is 0. The van der Waals surface area contributed by atoms with Gasteiger partial charge in [0.05, 0.1) is 6.10 Å². The Morgan fingerprint density at radius 3 is 1.91 bits per heavy atom. The molecule has 0 aliphatic heterocycles. The van der Waals surface area contributed by atoms with Gasteiger partial charge in [-0.05, 0) is 26.3 Å². The summed E-state index contributed by atoms with van der Waals surface area (Å²) in [6, 6.07) is 18.7. The van der Waals surface area contributed by atoms with Crippen LogP contribution in [0.2, 0.25) is 0 Å². The number of ketones is 1. The average molecular weight is 298 g/mol. The predicted octanol–water partition coefficient (Wildman–Crippen LogP) is 4.40.